The molecular formula is C18H23N3O3. The van der Waals surface area contributed by atoms with Gasteiger partial charge in [-0.15, -0.1) is 0 Å². The summed E-state index contributed by atoms with van der Waals surface area (Å²) >= 11 is 0. The van der Waals surface area contributed by atoms with Crippen molar-refractivity contribution in [2.75, 3.05) is 39.4 Å². The lowest BCUT2D eigenvalue weighted by Crippen LogP contribution is -2.41. The Morgan fingerprint density at radius 3 is 2.75 bits per heavy atom. The van der Waals surface area contributed by atoms with Gasteiger partial charge < -0.3 is 14.6 Å². The van der Waals surface area contributed by atoms with Crippen LogP contribution in [-0.4, -0.2) is 55.4 Å². The van der Waals surface area contributed by atoms with E-state index >= 15 is 0 Å². The summed E-state index contributed by atoms with van der Waals surface area (Å²) in [6.45, 7) is 6.62. The van der Waals surface area contributed by atoms with Crippen LogP contribution in [0.4, 0.5) is 0 Å². The zero-order chi connectivity index (χ0) is 16.8. The van der Waals surface area contributed by atoms with Gasteiger partial charge in [0.15, 0.2) is 0 Å². The Kier molecular flexibility index (Phi) is 5.61. The molecule has 0 bridgehead atoms. The molecule has 1 aliphatic rings. The van der Waals surface area contributed by atoms with E-state index in [1.54, 1.807) is 0 Å². The predicted octanol–water partition coefficient (Wildman–Crippen LogP) is 1.64. The molecule has 2 heterocycles. The number of amides is 1. The van der Waals surface area contributed by atoms with E-state index in [-0.39, 0.29) is 5.91 Å². The number of hydrogen-bond acceptors (Lipinski definition) is 5. The van der Waals surface area contributed by atoms with Gasteiger partial charge in [-0.1, -0.05) is 35.5 Å². The molecule has 0 aliphatic carbocycles. The van der Waals surface area contributed by atoms with Crippen molar-refractivity contribution in [2.24, 2.45) is 0 Å². The van der Waals surface area contributed by atoms with Crippen LogP contribution in [0, 0.1) is 6.92 Å². The zero-order valence-corrected chi connectivity index (χ0v) is 14.0. The molecule has 6 nitrogen and oxygen atoms in total. The molecule has 2 aromatic rings. The van der Waals surface area contributed by atoms with Crippen molar-refractivity contribution < 1.29 is 14.1 Å². The normalized spacial score (nSPS) is 15.4. The van der Waals surface area contributed by atoms with E-state index in [1.165, 1.54) is 0 Å². The number of rotatable bonds is 6. The Bertz CT molecular complexity index is 663. The van der Waals surface area contributed by atoms with E-state index in [0.29, 0.717) is 18.7 Å². The van der Waals surface area contributed by atoms with Crippen LogP contribution in [0.3, 0.4) is 0 Å². The van der Waals surface area contributed by atoms with Crippen molar-refractivity contribution >= 4 is 5.91 Å². The van der Waals surface area contributed by atoms with E-state index in [4.69, 9.17) is 9.26 Å². The average molecular weight is 329 g/mol. The van der Waals surface area contributed by atoms with Gasteiger partial charge in [0.1, 0.15) is 0 Å². The molecule has 1 aromatic heterocycles. The Labute approximate surface area is 141 Å². The molecule has 1 fully saturated rings. The number of benzene rings is 1. The molecule has 24 heavy (non-hydrogen) atoms. The van der Waals surface area contributed by atoms with Crippen LogP contribution in [0.15, 0.2) is 34.9 Å². The number of morpholine rings is 1. The molecule has 6 heteroatoms. The fraction of sp³-hybridized carbons (Fsp3) is 0.444. The third kappa shape index (κ3) is 4.21. The largest absolute Gasteiger partial charge is 0.379 e. The van der Waals surface area contributed by atoms with Crippen molar-refractivity contribution in [3.05, 3.63) is 52.9 Å². The summed E-state index contributed by atoms with van der Waals surface area (Å²) in [5.41, 5.74) is 2.74. The molecule has 0 radical (unpaired) electrons. The number of carbonyl (C=O) groups is 1. The lowest BCUT2D eigenvalue weighted by atomic mass is 10.0. The van der Waals surface area contributed by atoms with Gasteiger partial charge in [-0.05, 0) is 12.5 Å². The fourth-order valence-electron chi connectivity index (χ4n) is 2.81. The maximum absolute atomic E-state index is 12.4. The number of nitrogens with zero attached hydrogens (tertiary/aromatic N) is 2. The molecule has 0 spiro atoms. The first-order chi connectivity index (χ1) is 11.7. The third-order valence-corrected chi connectivity index (χ3v) is 4.23. The number of aromatic nitrogens is 1. The van der Waals surface area contributed by atoms with Gasteiger partial charge in [0.25, 0.3) is 5.91 Å². The minimum Gasteiger partial charge on any atom is -0.379 e. The zero-order valence-electron chi connectivity index (χ0n) is 14.0. The maximum Gasteiger partial charge on any atom is 0.290 e. The summed E-state index contributed by atoms with van der Waals surface area (Å²) in [7, 11) is 0. The molecule has 1 aromatic carbocycles. The number of hydrogen-bond donors (Lipinski definition) is 1. The first-order valence-electron chi connectivity index (χ1n) is 8.31. The van der Waals surface area contributed by atoms with Gasteiger partial charge in [-0.2, -0.15) is 0 Å². The van der Waals surface area contributed by atoms with Gasteiger partial charge in [0.2, 0.25) is 5.76 Å². The highest BCUT2D eigenvalue weighted by Crippen LogP contribution is 2.18. The molecule has 1 saturated heterocycles. The molecule has 1 amide bonds. The predicted molar refractivity (Wildman–Crippen MR) is 90.1 cm³/mol. The smallest absolute Gasteiger partial charge is 0.290 e. The molecule has 1 N–H and O–H groups in total. The van der Waals surface area contributed by atoms with Crippen LogP contribution < -0.4 is 5.32 Å². The van der Waals surface area contributed by atoms with Crippen molar-refractivity contribution in [2.45, 2.75) is 13.3 Å². The van der Waals surface area contributed by atoms with Crippen LogP contribution in [0.25, 0.3) is 0 Å². The lowest BCUT2D eigenvalue weighted by Gasteiger charge is -2.26. The highest BCUT2D eigenvalue weighted by molar-refractivity contribution is 5.93. The van der Waals surface area contributed by atoms with Crippen molar-refractivity contribution in [1.82, 2.24) is 15.4 Å². The molecule has 0 atom stereocenters. The average Bonchev–Trinajstić information content (AvgIpc) is 2.97. The lowest BCUT2D eigenvalue weighted by molar-refractivity contribution is 0.0382. The van der Waals surface area contributed by atoms with E-state index in [9.17, 15) is 4.79 Å². The molecule has 128 valence electrons. The van der Waals surface area contributed by atoms with E-state index in [2.05, 4.69) is 15.4 Å². The Balaban J connectivity index is 1.58. The summed E-state index contributed by atoms with van der Waals surface area (Å²) < 4.78 is 10.6. The van der Waals surface area contributed by atoms with Crippen molar-refractivity contribution in [3.8, 4) is 0 Å². The molecular weight excluding hydrogens is 306 g/mol. The summed E-state index contributed by atoms with van der Waals surface area (Å²) in [5, 5.41) is 6.90. The van der Waals surface area contributed by atoms with Crippen molar-refractivity contribution in [1.29, 1.82) is 0 Å². The second-order valence-corrected chi connectivity index (χ2v) is 5.95. The van der Waals surface area contributed by atoms with Crippen molar-refractivity contribution in [3.63, 3.8) is 0 Å². The Hall–Kier alpha value is -2.18. The number of nitrogens with one attached hydrogen (secondary N) is 1. The van der Waals surface area contributed by atoms with Crippen LogP contribution in [0.2, 0.25) is 0 Å². The topological polar surface area (TPSA) is 67.6 Å². The minimum absolute atomic E-state index is 0.199. The molecule has 3 rings (SSSR count). The first-order valence-corrected chi connectivity index (χ1v) is 8.31. The minimum atomic E-state index is -0.199. The Morgan fingerprint density at radius 1 is 1.25 bits per heavy atom. The Morgan fingerprint density at radius 2 is 2.00 bits per heavy atom. The van der Waals surface area contributed by atoms with Crippen LogP contribution in [-0.2, 0) is 11.2 Å². The monoisotopic (exact) mass is 329 g/mol. The number of aryl methyl sites for hydroxylation is 1. The molecule has 0 saturated carbocycles. The standard InChI is InChI=1S/C18H23N3O3/c1-14-16(13-15-5-3-2-4-6-15)17(24-20-14)18(22)19-7-8-21-9-11-23-12-10-21/h2-6H,7-13H2,1H3,(H,19,22). The van der Waals surface area contributed by atoms with E-state index in [1.807, 2.05) is 37.3 Å². The molecule has 1 aliphatic heterocycles. The first kappa shape index (κ1) is 16.7. The summed E-state index contributed by atoms with van der Waals surface area (Å²) in [6, 6.07) is 10.0. The van der Waals surface area contributed by atoms with Gasteiger partial charge in [0.05, 0.1) is 18.9 Å². The molecule has 0 unspecified atom stereocenters. The van der Waals surface area contributed by atoms with Crippen LogP contribution in [0.5, 0.6) is 0 Å². The highest BCUT2D eigenvalue weighted by Gasteiger charge is 2.20. The van der Waals surface area contributed by atoms with Gasteiger partial charge in [0, 0.05) is 38.2 Å². The summed E-state index contributed by atoms with van der Waals surface area (Å²) in [5.74, 6) is 0.119. The highest BCUT2D eigenvalue weighted by atomic mass is 16.5. The second-order valence-electron chi connectivity index (χ2n) is 5.95. The van der Waals surface area contributed by atoms with Crippen LogP contribution in [0.1, 0.15) is 27.4 Å². The van der Waals surface area contributed by atoms with E-state index in [0.717, 1.165) is 49.7 Å². The van der Waals surface area contributed by atoms with Gasteiger partial charge >= 0.3 is 0 Å². The number of carbonyl (C=O) groups excluding carboxylic acids is 1. The SMILES string of the molecule is Cc1noc(C(=O)NCCN2CCOCC2)c1Cc1ccccc1. The summed E-state index contributed by atoms with van der Waals surface area (Å²) in [4.78, 5) is 14.7. The third-order valence-electron chi connectivity index (χ3n) is 4.23. The maximum atomic E-state index is 12.4. The van der Waals surface area contributed by atoms with Crippen LogP contribution >= 0.6 is 0 Å². The summed E-state index contributed by atoms with van der Waals surface area (Å²) in [6.07, 6.45) is 0.641. The van der Waals surface area contributed by atoms with Gasteiger partial charge in [-0.25, -0.2) is 0 Å². The van der Waals surface area contributed by atoms with Gasteiger partial charge in [-0.3, -0.25) is 9.69 Å². The number of ether oxygens (including phenoxy) is 1. The fourth-order valence-corrected chi connectivity index (χ4v) is 2.81. The second kappa shape index (κ2) is 8.08. The quantitative estimate of drug-likeness (QED) is 0.872. The van der Waals surface area contributed by atoms with E-state index < -0.39 is 0 Å².